The van der Waals surface area contributed by atoms with Crippen molar-refractivity contribution in [2.24, 2.45) is 0 Å². The van der Waals surface area contributed by atoms with Gasteiger partial charge in [0.15, 0.2) is 0 Å². The number of rotatable bonds is 3. The first-order valence-electron chi connectivity index (χ1n) is 5.77. The van der Waals surface area contributed by atoms with E-state index in [1.54, 1.807) is 0 Å². The van der Waals surface area contributed by atoms with Crippen LogP contribution in [0.1, 0.15) is 18.1 Å². The fourth-order valence-corrected chi connectivity index (χ4v) is 1.93. The minimum atomic E-state index is 1.20. The van der Waals surface area contributed by atoms with Crippen molar-refractivity contribution in [2.45, 2.75) is 6.92 Å². The lowest BCUT2D eigenvalue weighted by Gasteiger charge is -2.11. The second-order valence-corrected chi connectivity index (χ2v) is 3.99. The number of benzene rings is 2. The Kier molecular flexibility index (Phi) is 3.56. The van der Waals surface area contributed by atoms with Crippen LogP contribution < -0.4 is 0 Å². The van der Waals surface area contributed by atoms with Gasteiger partial charge in [-0.1, -0.05) is 73.3 Å². The summed E-state index contributed by atoms with van der Waals surface area (Å²) in [4.78, 5) is 0. The molecule has 0 saturated heterocycles. The van der Waals surface area contributed by atoms with E-state index in [1.165, 1.54) is 22.3 Å². The average Bonchev–Trinajstić information content (AvgIpc) is 2.41. The van der Waals surface area contributed by atoms with Crippen molar-refractivity contribution in [3.63, 3.8) is 0 Å². The lowest BCUT2D eigenvalue weighted by atomic mass is 9.94. The minimum Gasteiger partial charge on any atom is -0.0988 e. The van der Waals surface area contributed by atoms with Crippen LogP contribution in [0.25, 0.3) is 5.57 Å². The molecule has 0 aliphatic carbocycles. The molecule has 2 rings (SSSR count). The fourth-order valence-electron chi connectivity index (χ4n) is 1.93. The molecule has 17 heavy (non-hydrogen) atoms. The highest BCUT2D eigenvalue weighted by Crippen LogP contribution is 2.26. The second-order valence-electron chi connectivity index (χ2n) is 3.99. The van der Waals surface area contributed by atoms with Crippen molar-refractivity contribution in [3.8, 4) is 0 Å². The first-order chi connectivity index (χ1) is 8.33. The molecule has 0 aromatic heterocycles. The number of allylic oxidation sites excluding steroid dienone is 2. The van der Waals surface area contributed by atoms with Crippen LogP contribution >= 0.6 is 0 Å². The van der Waals surface area contributed by atoms with Gasteiger partial charge in [-0.25, -0.2) is 0 Å². The van der Waals surface area contributed by atoms with E-state index in [4.69, 9.17) is 0 Å². The maximum Gasteiger partial charge on any atom is -0.00824 e. The number of hydrogen-bond donors (Lipinski definition) is 0. The molecule has 0 aliphatic rings. The van der Waals surface area contributed by atoms with E-state index >= 15 is 0 Å². The summed E-state index contributed by atoms with van der Waals surface area (Å²) in [5.74, 6) is 0. The molecule has 84 valence electrons. The monoisotopic (exact) mass is 220 g/mol. The molecule has 0 N–H and O–H groups in total. The molecule has 0 saturated carbocycles. The molecule has 0 bridgehead atoms. The first kappa shape index (κ1) is 11.4. The van der Waals surface area contributed by atoms with E-state index < -0.39 is 0 Å². The molecular weight excluding hydrogens is 204 g/mol. The maximum atomic E-state index is 3.87. The largest absolute Gasteiger partial charge is 0.0988 e. The summed E-state index contributed by atoms with van der Waals surface area (Å²) in [6.45, 7) is 5.97. The van der Waals surface area contributed by atoms with E-state index in [0.717, 1.165) is 0 Å². The zero-order valence-electron chi connectivity index (χ0n) is 10.1. The molecular formula is C17H16. The molecule has 0 atom stereocenters. The Labute approximate surface area is 103 Å². The van der Waals surface area contributed by atoms with Crippen molar-refractivity contribution in [2.75, 3.05) is 0 Å². The zero-order chi connectivity index (χ0) is 12.1. The number of hydrogen-bond acceptors (Lipinski definition) is 0. The SMILES string of the molecule is C=CC(C)=C(c1ccccc1)c1ccccc1. The molecule has 0 fully saturated rings. The van der Waals surface area contributed by atoms with E-state index in [0.29, 0.717) is 0 Å². The Morgan fingerprint density at radius 3 is 1.59 bits per heavy atom. The lowest BCUT2D eigenvalue weighted by molar-refractivity contribution is 1.46. The van der Waals surface area contributed by atoms with Gasteiger partial charge >= 0.3 is 0 Å². The van der Waals surface area contributed by atoms with Crippen molar-refractivity contribution >= 4 is 5.57 Å². The predicted octanol–water partition coefficient (Wildman–Crippen LogP) is 4.69. The highest BCUT2D eigenvalue weighted by Gasteiger charge is 2.06. The van der Waals surface area contributed by atoms with E-state index in [-0.39, 0.29) is 0 Å². The van der Waals surface area contributed by atoms with Crippen molar-refractivity contribution < 1.29 is 0 Å². The summed E-state index contributed by atoms with van der Waals surface area (Å²) in [6.07, 6.45) is 1.91. The Morgan fingerprint density at radius 1 is 0.824 bits per heavy atom. The van der Waals surface area contributed by atoms with E-state index in [9.17, 15) is 0 Å². The highest BCUT2D eigenvalue weighted by atomic mass is 14.1. The van der Waals surface area contributed by atoms with Gasteiger partial charge in [0, 0.05) is 0 Å². The Hall–Kier alpha value is -2.08. The van der Waals surface area contributed by atoms with Crippen LogP contribution in [0.3, 0.4) is 0 Å². The molecule has 0 nitrogen and oxygen atoms in total. The molecule has 0 heterocycles. The Morgan fingerprint density at radius 2 is 1.24 bits per heavy atom. The zero-order valence-corrected chi connectivity index (χ0v) is 10.1. The quantitative estimate of drug-likeness (QED) is 0.658. The van der Waals surface area contributed by atoms with Gasteiger partial charge in [0.05, 0.1) is 0 Å². The van der Waals surface area contributed by atoms with E-state index in [2.05, 4.69) is 62.0 Å². The smallest absolute Gasteiger partial charge is 0.00824 e. The predicted molar refractivity (Wildman–Crippen MR) is 74.8 cm³/mol. The fraction of sp³-hybridized carbons (Fsp3) is 0.0588. The van der Waals surface area contributed by atoms with Gasteiger partial charge in [-0.2, -0.15) is 0 Å². The van der Waals surface area contributed by atoms with Gasteiger partial charge in [-0.15, -0.1) is 0 Å². The van der Waals surface area contributed by atoms with Crippen LogP contribution in [0.5, 0.6) is 0 Å². The van der Waals surface area contributed by atoms with Crippen molar-refractivity contribution in [1.29, 1.82) is 0 Å². The van der Waals surface area contributed by atoms with Crippen LogP contribution in [0, 0.1) is 0 Å². The topological polar surface area (TPSA) is 0 Å². The average molecular weight is 220 g/mol. The second kappa shape index (κ2) is 5.31. The molecule has 0 radical (unpaired) electrons. The molecule has 0 spiro atoms. The van der Waals surface area contributed by atoms with Crippen LogP contribution in [0.2, 0.25) is 0 Å². The minimum absolute atomic E-state index is 1.20. The molecule has 2 aromatic carbocycles. The van der Waals surface area contributed by atoms with E-state index in [1.807, 2.05) is 18.2 Å². The van der Waals surface area contributed by atoms with Crippen LogP contribution in [0.4, 0.5) is 0 Å². The van der Waals surface area contributed by atoms with Gasteiger partial charge in [-0.3, -0.25) is 0 Å². The normalized spacial score (nSPS) is 9.71. The van der Waals surface area contributed by atoms with Gasteiger partial charge in [0.2, 0.25) is 0 Å². The summed E-state index contributed by atoms with van der Waals surface area (Å²) in [6, 6.07) is 20.9. The summed E-state index contributed by atoms with van der Waals surface area (Å²) in [5, 5.41) is 0. The third-order valence-corrected chi connectivity index (χ3v) is 2.83. The van der Waals surface area contributed by atoms with Gasteiger partial charge in [-0.05, 0) is 29.2 Å². The molecule has 0 aliphatic heterocycles. The van der Waals surface area contributed by atoms with Crippen molar-refractivity contribution in [1.82, 2.24) is 0 Å². The van der Waals surface area contributed by atoms with Gasteiger partial charge in [0.1, 0.15) is 0 Å². The van der Waals surface area contributed by atoms with Crippen molar-refractivity contribution in [3.05, 3.63) is 90.0 Å². The standard InChI is InChI=1S/C17H16/c1-3-14(2)17(15-10-6-4-7-11-15)16-12-8-5-9-13-16/h3-13H,1H2,2H3. The summed E-state index contributed by atoms with van der Waals surface area (Å²) in [5.41, 5.74) is 4.91. The van der Waals surface area contributed by atoms with Gasteiger partial charge in [0.25, 0.3) is 0 Å². The van der Waals surface area contributed by atoms with Gasteiger partial charge < -0.3 is 0 Å². The first-order valence-corrected chi connectivity index (χ1v) is 5.77. The van der Waals surface area contributed by atoms with Crippen LogP contribution in [-0.2, 0) is 0 Å². The third kappa shape index (κ3) is 2.54. The van der Waals surface area contributed by atoms with Crippen LogP contribution in [0.15, 0.2) is 78.9 Å². The summed E-state index contributed by atoms with van der Waals surface area (Å²) >= 11 is 0. The molecule has 0 amide bonds. The lowest BCUT2D eigenvalue weighted by Crippen LogP contribution is -1.90. The molecule has 0 unspecified atom stereocenters. The summed E-state index contributed by atoms with van der Waals surface area (Å²) < 4.78 is 0. The van der Waals surface area contributed by atoms with Crippen LogP contribution in [-0.4, -0.2) is 0 Å². The maximum absolute atomic E-state index is 3.87. The summed E-state index contributed by atoms with van der Waals surface area (Å²) in [7, 11) is 0. The molecule has 2 aromatic rings. The Bertz CT molecular complexity index is 477. The highest BCUT2D eigenvalue weighted by molar-refractivity contribution is 5.83. The molecule has 0 heteroatoms. The third-order valence-electron chi connectivity index (χ3n) is 2.83. The Balaban J connectivity index is 2.60.